The number of furan rings is 1. The molecule has 1 aromatic carbocycles. The summed E-state index contributed by atoms with van der Waals surface area (Å²) in [6, 6.07) is 6.72. The van der Waals surface area contributed by atoms with Gasteiger partial charge in [0.15, 0.2) is 0 Å². The topological polar surface area (TPSA) is 118 Å². The van der Waals surface area contributed by atoms with Crippen LogP contribution in [0.3, 0.4) is 0 Å². The first-order valence-electron chi connectivity index (χ1n) is 8.10. The Hall–Kier alpha value is -3.42. The van der Waals surface area contributed by atoms with Gasteiger partial charge >= 0.3 is 0 Å². The molecule has 0 aliphatic rings. The van der Waals surface area contributed by atoms with Gasteiger partial charge in [0, 0.05) is 24.2 Å². The van der Waals surface area contributed by atoms with Gasteiger partial charge in [-0.15, -0.1) is 0 Å². The van der Waals surface area contributed by atoms with Gasteiger partial charge in [-0.1, -0.05) is 6.92 Å². The lowest BCUT2D eigenvalue weighted by Crippen LogP contribution is -2.28. The number of benzene rings is 1. The lowest BCUT2D eigenvalue weighted by Gasteiger charge is -2.19. The summed E-state index contributed by atoms with van der Waals surface area (Å²) in [6.45, 7) is 1.86. The van der Waals surface area contributed by atoms with Crippen molar-refractivity contribution in [2.75, 3.05) is 0 Å². The molecule has 2 N–H and O–H groups in total. The van der Waals surface area contributed by atoms with Crippen LogP contribution in [0.2, 0.25) is 0 Å². The summed E-state index contributed by atoms with van der Waals surface area (Å²) < 4.78 is 5.38. The molecule has 26 heavy (non-hydrogen) atoms. The van der Waals surface area contributed by atoms with Gasteiger partial charge < -0.3 is 14.8 Å². The number of phenolic OH excluding ortho intramolecular Hbond substituents is 1. The molecular weight excluding hydrogens is 338 g/mol. The number of amides is 1. The van der Waals surface area contributed by atoms with Crippen LogP contribution >= 0.6 is 0 Å². The Morgan fingerprint density at radius 2 is 2.23 bits per heavy atom. The number of nitro benzene ring substituents is 1. The zero-order valence-electron chi connectivity index (χ0n) is 14.0. The monoisotopic (exact) mass is 355 g/mol. The maximum absolute atomic E-state index is 12.1. The number of phenols is 1. The third kappa shape index (κ3) is 3.21. The van der Waals surface area contributed by atoms with Gasteiger partial charge in [-0.25, -0.2) is 0 Å². The van der Waals surface area contributed by atoms with Crippen molar-refractivity contribution < 1.29 is 19.2 Å². The highest BCUT2D eigenvalue weighted by molar-refractivity contribution is 5.93. The van der Waals surface area contributed by atoms with Crippen molar-refractivity contribution in [3.8, 4) is 5.75 Å². The molecule has 1 atom stereocenters. The van der Waals surface area contributed by atoms with Gasteiger partial charge in [-0.3, -0.25) is 19.9 Å². The number of nitrogens with one attached hydrogen (secondary N) is 1. The van der Waals surface area contributed by atoms with Crippen molar-refractivity contribution in [1.29, 1.82) is 0 Å². The van der Waals surface area contributed by atoms with E-state index in [2.05, 4.69) is 10.3 Å². The molecule has 3 aromatic rings. The molecule has 3 rings (SSSR count). The minimum absolute atomic E-state index is 0.0954. The molecule has 2 heterocycles. The van der Waals surface area contributed by atoms with Crippen molar-refractivity contribution >= 4 is 22.5 Å². The van der Waals surface area contributed by atoms with Crippen LogP contribution in [0.25, 0.3) is 10.9 Å². The van der Waals surface area contributed by atoms with Crippen molar-refractivity contribution in [2.45, 2.75) is 25.8 Å². The molecule has 0 saturated heterocycles. The van der Waals surface area contributed by atoms with Gasteiger partial charge in [-0.2, -0.15) is 0 Å². The Morgan fingerprint density at radius 1 is 1.42 bits per heavy atom. The molecule has 0 spiro atoms. The molecule has 0 saturated carbocycles. The molecule has 0 unspecified atom stereocenters. The molecule has 0 bridgehead atoms. The highest BCUT2D eigenvalue weighted by atomic mass is 16.6. The summed E-state index contributed by atoms with van der Waals surface area (Å²) in [5.74, 6) is -0.129. The number of hydrogen-bond acceptors (Lipinski definition) is 6. The van der Waals surface area contributed by atoms with Crippen LogP contribution in [0.4, 0.5) is 5.69 Å². The van der Waals surface area contributed by atoms with Crippen molar-refractivity contribution in [1.82, 2.24) is 10.3 Å². The molecule has 0 fully saturated rings. The van der Waals surface area contributed by atoms with E-state index in [1.54, 1.807) is 18.2 Å². The normalized spacial score (nSPS) is 12.0. The molecule has 0 aliphatic carbocycles. The summed E-state index contributed by atoms with van der Waals surface area (Å²) in [4.78, 5) is 27.2. The second kappa shape index (κ2) is 7.22. The van der Waals surface area contributed by atoms with Gasteiger partial charge in [0.25, 0.3) is 5.69 Å². The number of fused-ring (bicyclic) bond motifs is 1. The predicted octanol–water partition coefficient (Wildman–Crippen LogP) is 3.45. The standard InChI is InChI=1S/C18H17N3O5/c1-2-5-15(22)20-16(14-7-4-9-26-14)12-10-13(21(24)25)11-6-3-8-19-17(11)18(12)23/h3-4,6-10,16,23H,2,5H2,1H3,(H,20,22)/t16-/m0/s1. The Labute approximate surface area is 148 Å². The minimum Gasteiger partial charge on any atom is -0.505 e. The fourth-order valence-electron chi connectivity index (χ4n) is 2.82. The highest BCUT2D eigenvalue weighted by Gasteiger charge is 2.28. The average Bonchev–Trinajstić information content (AvgIpc) is 3.15. The van der Waals surface area contributed by atoms with E-state index in [1.807, 2.05) is 6.92 Å². The SMILES string of the molecule is CCCC(=O)N[C@H](c1ccco1)c1cc([N+](=O)[O-])c2cccnc2c1O. The Bertz CT molecular complexity index is 953. The fourth-order valence-corrected chi connectivity index (χ4v) is 2.82. The third-order valence-corrected chi connectivity index (χ3v) is 3.99. The predicted molar refractivity (Wildman–Crippen MR) is 93.7 cm³/mol. The van der Waals surface area contributed by atoms with Crippen LogP contribution in [-0.2, 0) is 4.79 Å². The van der Waals surface area contributed by atoms with Crippen LogP contribution in [0.1, 0.15) is 37.1 Å². The number of nitro groups is 1. The van der Waals surface area contributed by atoms with Crippen LogP contribution in [0.5, 0.6) is 5.75 Å². The van der Waals surface area contributed by atoms with Crippen molar-refractivity contribution in [3.63, 3.8) is 0 Å². The molecule has 8 heteroatoms. The second-order valence-electron chi connectivity index (χ2n) is 5.76. The Morgan fingerprint density at radius 3 is 2.88 bits per heavy atom. The van der Waals surface area contributed by atoms with Crippen LogP contribution < -0.4 is 5.32 Å². The maximum atomic E-state index is 12.1. The maximum Gasteiger partial charge on any atom is 0.279 e. The molecule has 2 aromatic heterocycles. The Balaban J connectivity index is 2.20. The largest absolute Gasteiger partial charge is 0.505 e. The molecule has 0 aliphatic heterocycles. The molecular formula is C18H17N3O5. The quantitative estimate of drug-likeness (QED) is 0.516. The number of nitrogens with zero attached hydrogens (tertiary/aromatic N) is 2. The lowest BCUT2D eigenvalue weighted by molar-refractivity contribution is -0.383. The van der Waals surface area contributed by atoms with Gasteiger partial charge in [0.1, 0.15) is 23.1 Å². The van der Waals surface area contributed by atoms with E-state index in [0.29, 0.717) is 12.2 Å². The van der Waals surface area contributed by atoms with E-state index in [1.165, 1.54) is 24.6 Å². The molecule has 134 valence electrons. The first kappa shape index (κ1) is 17.4. The number of aromatic nitrogens is 1. The van der Waals surface area contributed by atoms with E-state index in [9.17, 15) is 20.0 Å². The average molecular weight is 355 g/mol. The third-order valence-electron chi connectivity index (χ3n) is 3.99. The first-order chi connectivity index (χ1) is 12.5. The number of hydrogen-bond donors (Lipinski definition) is 2. The van der Waals surface area contributed by atoms with Crippen LogP contribution in [0.15, 0.2) is 47.2 Å². The minimum atomic E-state index is -0.867. The van der Waals surface area contributed by atoms with Gasteiger partial charge in [0.2, 0.25) is 5.91 Å². The Kier molecular flexibility index (Phi) is 4.83. The summed E-state index contributed by atoms with van der Waals surface area (Å²) >= 11 is 0. The zero-order chi connectivity index (χ0) is 18.7. The molecule has 8 nitrogen and oxygen atoms in total. The number of carbonyl (C=O) groups excluding carboxylic acids is 1. The summed E-state index contributed by atoms with van der Waals surface area (Å²) in [5.41, 5.74) is 0.0440. The number of non-ortho nitro benzene ring substituents is 1. The van der Waals surface area contributed by atoms with E-state index in [4.69, 9.17) is 4.42 Å². The van der Waals surface area contributed by atoms with Crippen LogP contribution in [-0.4, -0.2) is 20.9 Å². The van der Waals surface area contributed by atoms with Crippen molar-refractivity contribution in [3.05, 3.63) is 64.2 Å². The number of aromatic hydroxyl groups is 1. The van der Waals surface area contributed by atoms with Gasteiger partial charge in [0.05, 0.1) is 16.6 Å². The summed E-state index contributed by atoms with van der Waals surface area (Å²) in [7, 11) is 0. The van der Waals surface area contributed by atoms with Gasteiger partial charge in [-0.05, 0) is 30.7 Å². The van der Waals surface area contributed by atoms with E-state index >= 15 is 0 Å². The number of rotatable bonds is 6. The van der Waals surface area contributed by atoms with E-state index in [-0.39, 0.29) is 40.2 Å². The summed E-state index contributed by atoms with van der Waals surface area (Å²) in [6.07, 6.45) is 3.79. The molecule has 0 radical (unpaired) electrons. The van der Waals surface area contributed by atoms with Crippen LogP contribution in [0, 0.1) is 10.1 Å². The number of pyridine rings is 1. The van der Waals surface area contributed by atoms with E-state index < -0.39 is 11.0 Å². The zero-order valence-corrected chi connectivity index (χ0v) is 14.0. The smallest absolute Gasteiger partial charge is 0.279 e. The second-order valence-corrected chi connectivity index (χ2v) is 5.76. The number of carbonyl (C=O) groups is 1. The molecule has 1 amide bonds. The van der Waals surface area contributed by atoms with E-state index in [0.717, 1.165) is 0 Å². The highest BCUT2D eigenvalue weighted by Crippen LogP contribution is 2.39. The fraction of sp³-hybridized carbons (Fsp3) is 0.222. The first-order valence-corrected chi connectivity index (χ1v) is 8.10. The lowest BCUT2D eigenvalue weighted by atomic mass is 9.99. The summed E-state index contributed by atoms with van der Waals surface area (Å²) in [5, 5.41) is 25.2. The van der Waals surface area contributed by atoms with Crippen molar-refractivity contribution in [2.24, 2.45) is 0 Å².